The Morgan fingerprint density at radius 1 is 1.26 bits per heavy atom. The number of aliphatic hydroxyl groups is 1. The van der Waals surface area contributed by atoms with E-state index in [1.165, 1.54) is 6.20 Å². The molecule has 1 heterocycles. The normalized spacial score (nSPS) is 13.2. The van der Waals surface area contributed by atoms with Gasteiger partial charge >= 0.3 is 0 Å². The van der Waals surface area contributed by atoms with E-state index in [0.29, 0.717) is 5.56 Å². The second kappa shape index (κ2) is 5.24. The molecule has 0 saturated carbocycles. The van der Waals surface area contributed by atoms with Crippen LogP contribution in [0.4, 0.5) is 0 Å². The molecular formula is C12H11ClN2O3S. The Bertz CT molecular complexity index is 689. The van der Waals surface area contributed by atoms with Gasteiger partial charge in [0.2, 0.25) is 15.0 Å². The van der Waals surface area contributed by atoms with E-state index in [0.717, 1.165) is 6.26 Å². The van der Waals surface area contributed by atoms with Crippen molar-refractivity contribution < 1.29 is 13.5 Å². The van der Waals surface area contributed by atoms with Crippen LogP contribution in [-0.4, -0.2) is 29.7 Å². The zero-order valence-corrected chi connectivity index (χ0v) is 11.6. The van der Waals surface area contributed by atoms with E-state index in [1.54, 1.807) is 30.3 Å². The molecule has 1 N–H and O–H groups in total. The van der Waals surface area contributed by atoms with Crippen LogP contribution >= 0.6 is 11.6 Å². The minimum atomic E-state index is -3.55. The Balaban J connectivity index is 2.51. The molecule has 7 heteroatoms. The topological polar surface area (TPSA) is 80.2 Å². The van der Waals surface area contributed by atoms with E-state index < -0.39 is 15.9 Å². The van der Waals surface area contributed by atoms with E-state index in [-0.39, 0.29) is 15.9 Å². The Morgan fingerprint density at radius 2 is 1.89 bits per heavy atom. The summed E-state index contributed by atoms with van der Waals surface area (Å²) < 4.78 is 22.8. The molecule has 0 amide bonds. The SMILES string of the molecule is CS(=O)(=O)c1ncc(Cl)c(C(O)c2ccccc2)n1. The number of nitrogens with zero attached hydrogens (tertiary/aromatic N) is 2. The van der Waals surface area contributed by atoms with E-state index in [9.17, 15) is 13.5 Å². The van der Waals surface area contributed by atoms with Crippen LogP contribution in [0.3, 0.4) is 0 Å². The minimum Gasteiger partial charge on any atom is -0.382 e. The standard InChI is InChI=1S/C12H11ClN2O3S/c1-19(17,18)12-14-7-9(13)10(15-12)11(16)8-5-3-2-4-6-8/h2-7,11,16H,1H3. The van der Waals surface area contributed by atoms with Gasteiger partial charge in [0.1, 0.15) is 6.10 Å². The lowest BCUT2D eigenvalue weighted by Gasteiger charge is -2.12. The van der Waals surface area contributed by atoms with Crippen molar-refractivity contribution in [2.24, 2.45) is 0 Å². The van der Waals surface area contributed by atoms with E-state index >= 15 is 0 Å². The smallest absolute Gasteiger partial charge is 0.247 e. The third-order valence-electron chi connectivity index (χ3n) is 2.46. The Hall–Kier alpha value is -1.50. The fourth-order valence-corrected chi connectivity index (χ4v) is 2.23. The lowest BCUT2D eigenvalue weighted by Crippen LogP contribution is -2.10. The van der Waals surface area contributed by atoms with Crippen LogP contribution in [0.2, 0.25) is 5.02 Å². The molecule has 2 rings (SSSR count). The maximum atomic E-state index is 11.4. The summed E-state index contributed by atoms with van der Waals surface area (Å²) in [6.45, 7) is 0. The Kier molecular flexibility index (Phi) is 3.84. The molecule has 5 nitrogen and oxygen atoms in total. The molecule has 1 aromatic heterocycles. The number of hydrogen-bond donors (Lipinski definition) is 1. The molecule has 2 aromatic rings. The molecule has 0 aliphatic carbocycles. The first-order chi connectivity index (χ1) is 8.89. The van der Waals surface area contributed by atoms with Crippen molar-refractivity contribution in [1.82, 2.24) is 9.97 Å². The summed E-state index contributed by atoms with van der Waals surface area (Å²) in [6.07, 6.45) is 1.07. The largest absolute Gasteiger partial charge is 0.382 e. The van der Waals surface area contributed by atoms with Crippen LogP contribution in [0.5, 0.6) is 0 Å². The molecule has 0 radical (unpaired) electrons. The van der Waals surface area contributed by atoms with E-state index in [1.807, 2.05) is 0 Å². The first kappa shape index (κ1) is 13.9. The number of aromatic nitrogens is 2. The second-order valence-corrected chi connectivity index (χ2v) is 6.29. The Labute approximate surface area is 115 Å². The summed E-state index contributed by atoms with van der Waals surface area (Å²) in [5, 5.41) is 9.95. The maximum Gasteiger partial charge on any atom is 0.247 e. The third-order valence-corrected chi connectivity index (χ3v) is 3.61. The molecule has 1 aromatic carbocycles. The number of rotatable bonds is 3. The highest BCUT2D eigenvalue weighted by Crippen LogP contribution is 2.26. The third kappa shape index (κ3) is 3.09. The highest BCUT2D eigenvalue weighted by Gasteiger charge is 2.20. The summed E-state index contributed by atoms with van der Waals surface area (Å²) in [6, 6.07) is 8.71. The molecule has 0 aliphatic heterocycles. The van der Waals surface area contributed by atoms with Gasteiger partial charge in [-0.1, -0.05) is 41.9 Å². The summed E-state index contributed by atoms with van der Waals surface area (Å²) in [5.74, 6) is 0. The highest BCUT2D eigenvalue weighted by atomic mass is 35.5. The average Bonchev–Trinajstić information content (AvgIpc) is 2.38. The van der Waals surface area contributed by atoms with Crippen molar-refractivity contribution >= 4 is 21.4 Å². The van der Waals surface area contributed by atoms with Crippen LogP contribution in [0.15, 0.2) is 41.7 Å². The molecule has 0 spiro atoms. The van der Waals surface area contributed by atoms with Crippen molar-refractivity contribution in [3.8, 4) is 0 Å². The lowest BCUT2D eigenvalue weighted by atomic mass is 10.1. The van der Waals surface area contributed by atoms with Gasteiger partial charge in [0.05, 0.1) is 16.9 Å². The first-order valence-electron chi connectivity index (χ1n) is 5.35. The zero-order chi connectivity index (χ0) is 14.0. The number of sulfone groups is 1. The van der Waals surface area contributed by atoms with Crippen LogP contribution in [0, 0.1) is 0 Å². The quantitative estimate of drug-likeness (QED) is 0.871. The molecular weight excluding hydrogens is 288 g/mol. The molecule has 0 saturated heterocycles. The monoisotopic (exact) mass is 298 g/mol. The molecule has 100 valence electrons. The van der Waals surface area contributed by atoms with Gasteiger partial charge < -0.3 is 5.11 Å². The predicted molar refractivity (Wildman–Crippen MR) is 70.7 cm³/mol. The number of hydrogen-bond acceptors (Lipinski definition) is 5. The van der Waals surface area contributed by atoms with Crippen LogP contribution < -0.4 is 0 Å². The first-order valence-corrected chi connectivity index (χ1v) is 7.62. The molecule has 19 heavy (non-hydrogen) atoms. The fraction of sp³-hybridized carbons (Fsp3) is 0.167. The molecule has 0 bridgehead atoms. The van der Waals surface area contributed by atoms with Gasteiger partial charge in [-0.2, -0.15) is 0 Å². The molecule has 1 unspecified atom stereocenters. The predicted octanol–water partition coefficient (Wildman–Crippen LogP) is 1.62. The van der Waals surface area contributed by atoms with E-state index in [4.69, 9.17) is 11.6 Å². The number of halogens is 1. The van der Waals surface area contributed by atoms with Crippen LogP contribution in [0.25, 0.3) is 0 Å². The zero-order valence-electron chi connectivity index (χ0n) is 9.99. The van der Waals surface area contributed by atoms with Crippen LogP contribution in [0.1, 0.15) is 17.4 Å². The second-order valence-electron chi connectivity index (χ2n) is 3.97. The lowest BCUT2D eigenvalue weighted by molar-refractivity contribution is 0.214. The van der Waals surface area contributed by atoms with Gasteiger partial charge in [0, 0.05) is 6.26 Å². The van der Waals surface area contributed by atoms with Gasteiger partial charge in [0.25, 0.3) is 0 Å². The summed E-state index contributed by atoms with van der Waals surface area (Å²) >= 11 is 5.91. The van der Waals surface area contributed by atoms with E-state index in [2.05, 4.69) is 9.97 Å². The van der Waals surface area contributed by atoms with Gasteiger partial charge in [-0.05, 0) is 5.56 Å². The Morgan fingerprint density at radius 3 is 2.47 bits per heavy atom. The summed E-state index contributed by atoms with van der Waals surface area (Å²) in [5.41, 5.74) is 0.644. The van der Waals surface area contributed by atoms with Gasteiger partial charge in [0.15, 0.2) is 0 Å². The van der Waals surface area contributed by atoms with Crippen molar-refractivity contribution in [2.45, 2.75) is 11.3 Å². The highest BCUT2D eigenvalue weighted by molar-refractivity contribution is 7.90. The number of aliphatic hydroxyl groups excluding tert-OH is 1. The molecule has 0 fully saturated rings. The van der Waals surface area contributed by atoms with Crippen molar-refractivity contribution in [3.63, 3.8) is 0 Å². The minimum absolute atomic E-state index is 0.0725. The van der Waals surface area contributed by atoms with Crippen molar-refractivity contribution in [1.29, 1.82) is 0 Å². The maximum absolute atomic E-state index is 11.4. The summed E-state index contributed by atoms with van der Waals surface area (Å²) in [4.78, 5) is 7.48. The average molecular weight is 299 g/mol. The molecule has 1 atom stereocenters. The van der Waals surface area contributed by atoms with Crippen molar-refractivity contribution in [2.75, 3.05) is 6.26 Å². The summed E-state index contributed by atoms with van der Waals surface area (Å²) in [7, 11) is -3.55. The van der Waals surface area contributed by atoms with Crippen LogP contribution in [-0.2, 0) is 9.84 Å². The fourth-order valence-electron chi connectivity index (χ4n) is 1.53. The molecule has 0 aliphatic rings. The van der Waals surface area contributed by atoms with Gasteiger partial charge in [-0.15, -0.1) is 0 Å². The number of benzene rings is 1. The van der Waals surface area contributed by atoms with Gasteiger partial charge in [-0.3, -0.25) is 0 Å². The van der Waals surface area contributed by atoms with Crippen molar-refractivity contribution in [3.05, 3.63) is 52.8 Å². The van der Waals surface area contributed by atoms with Gasteiger partial charge in [-0.25, -0.2) is 18.4 Å².